The van der Waals surface area contributed by atoms with E-state index in [-0.39, 0.29) is 10.9 Å². The van der Waals surface area contributed by atoms with Gasteiger partial charge in [0.2, 0.25) is 0 Å². The molecule has 0 spiro atoms. The predicted octanol–water partition coefficient (Wildman–Crippen LogP) is 4.52. The van der Waals surface area contributed by atoms with Gasteiger partial charge < -0.3 is 9.88 Å². The number of hydrogen-bond donors (Lipinski definition) is 1. The van der Waals surface area contributed by atoms with Gasteiger partial charge in [0.1, 0.15) is 5.82 Å². The lowest BCUT2D eigenvalue weighted by Crippen LogP contribution is -2.12. The Morgan fingerprint density at radius 3 is 2.55 bits per heavy atom. The molecule has 0 aliphatic rings. The van der Waals surface area contributed by atoms with Crippen molar-refractivity contribution in [3.8, 4) is 5.69 Å². The van der Waals surface area contributed by atoms with Crippen LogP contribution in [-0.2, 0) is 0 Å². The maximum atomic E-state index is 13.1. The van der Waals surface area contributed by atoms with E-state index in [0.29, 0.717) is 11.3 Å². The van der Waals surface area contributed by atoms with Crippen molar-refractivity contribution in [1.82, 2.24) is 4.57 Å². The molecule has 0 bridgehead atoms. The minimum Gasteiger partial charge on any atom is -0.324 e. The summed E-state index contributed by atoms with van der Waals surface area (Å²) in [4.78, 5) is 12.3. The molecule has 1 heterocycles. The second kappa shape index (κ2) is 6.03. The number of nitrogens with one attached hydrogen (secondary N) is 1. The molecule has 1 aromatic heterocycles. The molecule has 0 saturated heterocycles. The average Bonchev–Trinajstić information content (AvgIpc) is 3.05. The van der Waals surface area contributed by atoms with E-state index in [9.17, 15) is 9.18 Å². The van der Waals surface area contributed by atoms with Gasteiger partial charge in [0.25, 0.3) is 5.91 Å². The van der Waals surface area contributed by atoms with Crippen molar-refractivity contribution in [1.29, 1.82) is 0 Å². The van der Waals surface area contributed by atoms with Gasteiger partial charge in [-0.25, -0.2) is 4.39 Å². The van der Waals surface area contributed by atoms with Gasteiger partial charge in [0, 0.05) is 29.3 Å². The van der Waals surface area contributed by atoms with Crippen LogP contribution in [-0.4, -0.2) is 10.5 Å². The van der Waals surface area contributed by atoms with Crippen LogP contribution in [0.25, 0.3) is 5.69 Å². The molecule has 0 unspecified atom stereocenters. The van der Waals surface area contributed by atoms with Crippen LogP contribution in [0, 0.1) is 5.82 Å². The quantitative estimate of drug-likeness (QED) is 0.757. The van der Waals surface area contributed by atoms with Gasteiger partial charge in [0.05, 0.1) is 5.02 Å². The molecule has 2 aromatic carbocycles. The van der Waals surface area contributed by atoms with E-state index in [1.165, 1.54) is 18.2 Å². The molecule has 3 nitrogen and oxygen atoms in total. The Balaban J connectivity index is 1.83. The third-order valence-electron chi connectivity index (χ3n) is 3.19. The van der Waals surface area contributed by atoms with Crippen molar-refractivity contribution < 1.29 is 9.18 Å². The lowest BCUT2D eigenvalue weighted by Gasteiger charge is -2.08. The normalized spacial score (nSPS) is 10.5. The standard InChI is InChI=1S/C17H12ClFN2O/c18-15-11-13(6-7-16(15)19)20-17(22)12-4-3-5-14(10-12)21-8-1-2-9-21/h1-11H,(H,20,22). The van der Waals surface area contributed by atoms with Crippen LogP contribution in [0.5, 0.6) is 0 Å². The summed E-state index contributed by atoms with van der Waals surface area (Å²) in [5.74, 6) is -0.800. The van der Waals surface area contributed by atoms with Gasteiger partial charge in [-0.05, 0) is 48.5 Å². The van der Waals surface area contributed by atoms with Crippen molar-refractivity contribution in [2.24, 2.45) is 0 Å². The van der Waals surface area contributed by atoms with E-state index >= 15 is 0 Å². The summed E-state index contributed by atoms with van der Waals surface area (Å²) in [7, 11) is 0. The second-order valence-electron chi connectivity index (χ2n) is 4.72. The fraction of sp³-hybridized carbons (Fsp3) is 0. The van der Waals surface area contributed by atoms with Gasteiger partial charge in [-0.15, -0.1) is 0 Å². The molecule has 1 amide bonds. The van der Waals surface area contributed by atoms with Crippen molar-refractivity contribution >= 4 is 23.2 Å². The number of carbonyl (C=O) groups excluding carboxylic acids is 1. The van der Waals surface area contributed by atoms with Crippen LogP contribution in [0.2, 0.25) is 5.02 Å². The minimum absolute atomic E-state index is 0.0288. The van der Waals surface area contributed by atoms with Crippen LogP contribution in [0.15, 0.2) is 67.0 Å². The first-order valence-corrected chi connectivity index (χ1v) is 7.01. The molecule has 110 valence electrons. The first-order valence-electron chi connectivity index (χ1n) is 6.63. The zero-order valence-electron chi connectivity index (χ0n) is 11.5. The first-order chi connectivity index (χ1) is 10.6. The van der Waals surface area contributed by atoms with Gasteiger partial charge in [-0.3, -0.25) is 4.79 Å². The Hall–Kier alpha value is -2.59. The van der Waals surface area contributed by atoms with Gasteiger partial charge >= 0.3 is 0 Å². The minimum atomic E-state index is -0.519. The number of amides is 1. The molecular weight excluding hydrogens is 303 g/mol. The Bertz CT molecular complexity index is 815. The lowest BCUT2D eigenvalue weighted by atomic mass is 10.2. The average molecular weight is 315 g/mol. The molecule has 0 aliphatic carbocycles. The van der Waals surface area contributed by atoms with Crippen LogP contribution in [0.1, 0.15) is 10.4 Å². The molecule has 22 heavy (non-hydrogen) atoms. The van der Waals surface area contributed by atoms with Gasteiger partial charge in [-0.1, -0.05) is 17.7 Å². The van der Waals surface area contributed by atoms with Crippen molar-refractivity contribution in [3.63, 3.8) is 0 Å². The van der Waals surface area contributed by atoms with Gasteiger partial charge in [-0.2, -0.15) is 0 Å². The molecule has 0 saturated carbocycles. The van der Waals surface area contributed by atoms with E-state index in [1.807, 2.05) is 41.2 Å². The zero-order valence-corrected chi connectivity index (χ0v) is 12.2. The van der Waals surface area contributed by atoms with Crippen molar-refractivity contribution in [2.45, 2.75) is 0 Å². The Morgan fingerprint density at radius 1 is 1.05 bits per heavy atom. The summed E-state index contributed by atoms with van der Waals surface area (Å²) in [6, 6.07) is 15.1. The van der Waals surface area contributed by atoms with Gasteiger partial charge in [0.15, 0.2) is 0 Å². The summed E-state index contributed by atoms with van der Waals surface area (Å²) in [5.41, 5.74) is 1.84. The van der Waals surface area contributed by atoms with Crippen molar-refractivity contribution in [2.75, 3.05) is 5.32 Å². The highest BCUT2D eigenvalue weighted by Gasteiger charge is 2.09. The predicted molar refractivity (Wildman–Crippen MR) is 85.1 cm³/mol. The summed E-state index contributed by atoms with van der Waals surface area (Å²) in [6.45, 7) is 0. The lowest BCUT2D eigenvalue weighted by molar-refractivity contribution is 0.102. The maximum absolute atomic E-state index is 13.1. The number of nitrogens with zero attached hydrogens (tertiary/aromatic N) is 1. The number of rotatable bonds is 3. The number of carbonyl (C=O) groups is 1. The SMILES string of the molecule is O=C(Nc1ccc(F)c(Cl)c1)c1cccc(-n2cccc2)c1. The highest BCUT2D eigenvalue weighted by Crippen LogP contribution is 2.20. The van der Waals surface area contributed by atoms with Crippen LogP contribution in [0.3, 0.4) is 0 Å². The maximum Gasteiger partial charge on any atom is 0.255 e. The van der Waals surface area contributed by atoms with E-state index in [2.05, 4.69) is 5.32 Å². The molecular formula is C17H12ClFN2O. The molecule has 3 rings (SSSR count). The number of hydrogen-bond acceptors (Lipinski definition) is 1. The fourth-order valence-corrected chi connectivity index (χ4v) is 2.27. The Morgan fingerprint density at radius 2 is 1.82 bits per heavy atom. The summed E-state index contributed by atoms with van der Waals surface area (Å²) < 4.78 is 15.0. The van der Waals surface area contributed by atoms with E-state index in [1.54, 1.807) is 12.1 Å². The van der Waals surface area contributed by atoms with Crippen LogP contribution >= 0.6 is 11.6 Å². The Labute approximate surface area is 132 Å². The monoisotopic (exact) mass is 314 g/mol. The molecule has 0 radical (unpaired) electrons. The van der Waals surface area contributed by atoms with E-state index in [0.717, 1.165) is 5.69 Å². The number of anilines is 1. The summed E-state index contributed by atoms with van der Waals surface area (Å²) in [6.07, 6.45) is 3.80. The first kappa shape index (κ1) is 14.4. The Kier molecular flexibility index (Phi) is 3.94. The molecule has 3 aromatic rings. The highest BCUT2D eigenvalue weighted by molar-refractivity contribution is 6.31. The third-order valence-corrected chi connectivity index (χ3v) is 3.48. The molecule has 0 atom stereocenters. The molecule has 1 N–H and O–H groups in total. The number of aromatic nitrogens is 1. The zero-order chi connectivity index (χ0) is 15.5. The fourth-order valence-electron chi connectivity index (χ4n) is 2.09. The third kappa shape index (κ3) is 3.02. The van der Waals surface area contributed by atoms with E-state index in [4.69, 9.17) is 11.6 Å². The summed E-state index contributed by atoms with van der Waals surface area (Å²) in [5, 5.41) is 2.67. The molecule has 0 aliphatic heterocycles. The number of benzene rings is 2. The van der Waals surface area contributed by atoms with Crippen molar-refractivity contribution in [3.05, 3.63) is 83.4 Å². The second-order valence-corrected chi connectivity index (χ2v) is 5.13. The number of halogens is 2. The van der Waals surface area contributed by atoms with Crippen LogP contribution < -0.4 is 5.32 Å². The van der Waals surface area contributed by atoms with E-state index < -0.39 is 5.82 Å². The smallest absolute Gasteiger partial charge is 0.255 e. The topological polar surface area (TPSA) is 34.0 Å². The highest BCUT2D eigenvalue weighted by atomic mass is 35.5. The van der Waals surface area contributed by atoms with Crippen LogP contribution in [0.4, 0.5) is 10.1 Å². The molecule has 5 heteroatoms. The molecule has 0 fully saturated rings. The largest absolute Gasteiger partial charge is 0.324 e. The summed E-state index contributed by atoms with van der Waals surface area (Å²) >= 11 is 5.71.